The Morgan fingerprint density at radius 3 is 2.41 bits per heavy atom. The van der Waals surface area contributed by atoms with Gasteiger partial charge in [-0.15, -0.1) is 0 Å². The molecule has 0 atom stereocenters. The number of ether oxygens (including phenoxy) is 1. The zero-order valence-electron chi connectivity index (χ0n) is 14.9. The molecule has 7 heteroatoms. The summed E-state index contributed by atoms with van der Waals surface area (Å²) in [7, 11) is 1.63. The molecule has 0 aliphatic heterocycles. The second-order valence-electron chi connectivity index (χ2n) is 6.34. The zero-order chi connectivity index (χ0) is 18.8. The minimum absolute atomic E-state index is 0.154. The summed E-state index contributed by atoms with van der Waals surface area (Å²) in [5.41, 5.74) is 0.796. The smallest absolute Gasteiger partial charge is 0.260 e. The first kappa shape index (κ1) is 17.2. The first-order chi connectivity index (χ1) is 13.2. The molecule has 138 valence electrons. The molecular formula is C20H19N3O4. The van der Waals surface area contributed by atoms with Crippen molar-refractivity contribution in [3.63, 3.8) is 0 Å². The summed E-state index contributed by atoms with van der Waals surface area (Å²) in [4.78, 5) is 30.1. The summed E-state index contributed by atoms with van der Waals surface area (Å²) in [5, 5.41) is 0.860. The van der Waals surface area contributed by atoms with Gasteiger partial charge in [-0.3, -0.25) is 9.59 Å². The number of pyridine rings is 3. The van der Waals surface area contributed by atoms with Gasteiger partial charge in [-0.1, -0.05) is 0 Å². The van der Waals surface area contributed by atoms with Crippen LogP contribution in [-0.2, 0) is 17.8 Å². The van der Waals surface area contributed by atoms with E-state index in [2.05, 4.69) is 4.98 Å². The first-order valence-electron chi connectivity index (χ1n) is 8.72. The van der Waals surface area contributed by atoms with Gasteiger partial charge in [-0.05, 0) is 36.8 Å². The predicted molar refractivity (Wildman–Crippen MR) is 102 cm³/mol. The normalized spacial score (nSPS) is 11.4. The number of furan rings is 1. The number of fused-ring (bicyclic) bond motifs is 2. The van der Waals surface area contributed by atoms with Crippen LogP contribution in [-0.4, -0.2) is 27.8 Å². The van der Waals surface area contributed by atoms with Crippen molar-refractivity contribution < 1.29 is 9.15 Å². The van der Waals surface area contributed by atoms with Crippen LogP contribution in [0.2, 0.25) is 0 Å². The Bertz CT molecular complexity index is 1210. The van der Waals surface area contributed by atoms with E-state index in [9.17, 15) is 9.59 Å². The number of aromatic nitrogens is 3. The minimum Gasteiger partial charge on any atom is -0.467 e. The Hall–Kier alpha value is -3.19. The van der Waals surface area contributed by atoms with E-state index in [1.807, 2.05) is 6.07 Å². The van der Waals surface area contributed by atoms with E-state index in [1.54, 1.807) is 59.2 Å². The Morgan fingerprint density at radius 2 is 1.74 bits per heavy atom. The molecule has 0 N–H and O–H groups in total. The molecule has 0 bridgehead atoms. The predicted octanol–water partition coefficient (Wildman–Crippen LogP) is 2.39. The van der Waals surface area contributed by atoms with E-state index in [0.717, 1.165) is 6.42 Å². The van der Waals surface area contributed by atoms with Crippen LogP contribution in [0, 0.1) is 0 Å². The third-order valence-corrected chi connectivity index (χ3v) is 4.54. The first-order valence-corrected chi connectivity index (χ1v) is 8.72. The maximum Gasteiger partial charge on any atom is 0.260 e. The number of aryl methyl sites for hydroxylation is 1. The number of rotatable bonds is 6. The maximum absolute atomic E-state index is 12.9. The standard InChI is InChI=1S/C20H19N3O4/c1-26-10-3-7-22-8-5-17-15(19(22)24)12-16-18(21-17)6-9-23(20(16)25)13-14-4-2-11-27-14/h2,4-6,8-9,11-12H,3,7,10,13H2,1H3. The fraction of sp³-hybridized carbons (Fsp3) is 0.250. The van der Waals surface area contributed by atoms with Crippen molar-refractivity contribution in [3.05, 3.63) is 75.5 Å². The molecule has 7 nitrogen and oxygen atoms in total. The van der Waals surface area contributed by atoms with Crippen molar-refractivity contribution in [1.82, 2.24) is 14.1 Å². The second kappa shape index (κ2) is 7.20. The molecule has 4 aromatic heterocycles. The molecule has 0 amide bonds. The Morgan fingerprint density at radius 1 is 1.04 bits per heavy atom. The lowest BCUT2D eigenvalue weighted by Gasteiger charge is -2.09. The topological polar surface area (TPSA) is 79.3 Å². The Balaban J connectivity index is 1.81. The molecule has 0 aliphatic rings. The fourth-order valence-electron chi connectivity index (χ4n) is 3.16. The highest BCUT2D eigenvalue weighted by Gasteiger charge is 2.10. The lowest BCUT2D eigenvalue weighted by molar-refractivity contribution is 0.190. The van der Waals surface area contributed by atoms with Gasteiger partial charge in [0.15, 0.2) is 0 Å². The summed E-state index contributed by atoms with van der Waals surface area (Å²) in [6.45, 7) is 1.46. The summed E-state index contributed by atoms with van der Waals surface area (Å²) < 4.78 is 13.5. The molecule has 0 unspecified atom stereocenters. The van der Waals surface area contributed by atoms with E-state index >= 15 is 0 Å². The van der Waals surface area contributed by atoms with Crippen LogP contribution in [0.25, 0.3) is 21.8 Å². The fourth-order valence-corrected chi connectivity index (χ4v) is 3.16. The minimum atomic E-state index is -0.201. The monoisotopic (exact) mass is 365 g/mol. The SMILES string of the molecule is COCCCn1ccc2nc3ccn(Cc4ccco4)c(=O)c3cc2c1=O. The van der Waals surface area contributed by atoms with Crippen molar-refractivity contribution in [3.8, 4) is 0 Å². The highest BCUT2D eigenvalue weighted by Crippen LogP contribution is 2.15. The summed E-state index contributed by atoms with van der Waals surface area (Å²) in [6.07, 6.45) is 5.73. The quantitative estimate of drug-likeness (QED) is 0.387. The van der Waals surface area contributed by atoms with Crippen molar-refractivity contribution in [2.24, 2.45) is 0 Å². The lowest BCUT2D eigenvalue weighted by atomic mass is 10.2. The van der Waals surface area contributed by atoms with Crippen LogP contribution in [0.1, 0.15) is 12.2 Å². The van der Waals surface area contributed by atoms with Gasteiger partial charge in [-0.2, -0.15) is 0 Å². The van der Waals surface area contributed by atoms with Crippen molar-refractivity contribution >= 4 is 21.8 Å². The van der Waals surface area contributed by atoms with Crippen LogP contribution in [0.4, 0.5) is 0 Å². The number of hydrogen-bond acceptors (Lipinski definition) is 5. The maximum atomic E-state index is 12.9. The average Bonchev–Trinajstić information content (AvgIpc) is 3.18. The van der Waals surface area contributed by atoms with E-state index in [4.69, 9.17) is 9.15 Å². The molecule has 0 saturated carbocycles. The van der Waals surface area contributed by atoms with Gasteiger partial charge in [0.05, 0.1) is 34.6 Å². The molecule has 0 saturated heterocycles. The summed E-state index contributed by atoms with van der Waals surface area (Å²) in [6, 6.07) is 8.82. The molecule has 0 aliphatic carbocycles. The molecule has 0 radical (unpaired) electrons. The number of hydrogen-bond donors (Lipinski definition) is 0. The van der Waals surface area contributed by atoms with Crippen molar-refractivity contribution in [1.29, 1.82) is 0 Å². The molecule has 4 rings (SSSR count). The van der Waals surface area contributed by atoms with E-state index in [0.29, 0.717) is 47.3 Å². The highest BCUT2D eigenvalue weighted by atomic mass is 16.5. The molecule has 27 heavy (non-hydrogen) atoms. The molecule has 0 aromatic carbocycles. The van der Waals surface area contributed by atoms with E-state index in [1.165, 1.54) is 0 Å². The van der Waals surface area contributed by atoms with Crippen LogP contribution in [0.15, 0.2) is 63.0 Å². The van der Waals surface area contributed by atoms with Crippen LogP contribution in [0.5, 0.6) is 0 Å². The van der Waals surface area contributed by atoms with Gasteiger partial charge in [-0.25, -0.2) is 4.98 Å². The van der Waals surface area contributed by atoms with E-state index < -0.39 is 0 Å². The highest BCUT2D eigenvalue weighted by molar-refractivity contribution is 5.91. The third kappa shape index (κ3) is 3.29. The van der Waals surface area contributed by atoms with Gasteiger partial charge in [0.1, 0.15) is 5.76 Å². The average molecular weight is 365 g/mol. The zero-order valence-corrected chi connectivity index (χ0v) is 14.9. The van der Waals surface area contributed by atoms with Crippen LogP contribution >= 0.6 is 0 Å². The largest absolute Gasteiger partial charge is 0.467 e. The lowest BCUT2D eigenvalue weighted by Crippen LogP contribution is -2.22. The van der Waals surface area contributed by atoms with Gasteiger partial charge in [0.25, 0.3) is 11.1 Å². The summed E-state index contributed by atoms with van der Waals surface area (Å²) in [5.74, 6) is 0.686. The summed E-state index contributed by atoms with van der Waals surface area (Å²) >= 11 is 0. The third-order valence-electron chi connectivity index (χ3n) is 4.54. The number of nitrogens with zero attached hydrogens (tertiary/aromatic N) is 3. The van der Waals surface area contributed by atoms with Gasteiger partial charge < -0.3 is 18.3 Å². The molecule has 0 spiro atoms. The van der Waals surface area contributed by atoms with Crippen molar-refractivity contribution in [2.75, 3.05) is 13.7 Å². The molecule has 0 fully saturated rings. The Kier molecular flexibility index (Phi) is 4.60. The Labute approximate surface area is 154 Å². The van der Waals surface area contributed by atoms with Gasteiger partial charge in [0.2, 0.25) is 0 Å². The van der Waals surface area contributed by atoms with Gasteiger partial charge in [0, 0.05) is 32.7 Å². The number of methoxy groups -OCH3 is 1. The molecule has 4 aromatic rings. The molecular weight excluding hydrogens is 346 g/mol. The van der Waals surface area contributed by atoms with Crippen LogP contribution < -0.4 is 11.1 Å². The van der Waals surface area contributed by atoms with Crippen LogP contribution in [0.3, 0.4) is 0 Å². The second-order valence-corrected chi connectivity index (χ2v) is 6.34. The van der Waals surface area contributed by atoms with Gasteiger partial charge >= 0.3 is 0 Å². The van der Waals surface area contributed by atoms with E-state index in [-0.39, 0.29) is 11.1 Å². The molecule has 4 heterocycles. The van der Waals surface area contributed by atoms with Crippen molar-refractivity contribution in [2.45, 2.75) is 19.5 Å².